The molecule has 0 saturated carbocycles. The smallest absolute Gasteiger partial charge is 0.267 e. The highest BCUT2D eigenvalue weighted by molar-refractivity contribution is 5.97. The van der Waals surface area contributed by atoms with Crippen molar-refractivity contribution < 1.29 is 14.3 Å². The third-order valence-corrected chi connectivity index (χ3v) is 6.68. The molecule has 182 valence electrons. The number of ether oxygens (including phenoxy) is 2. The number of rotatable bonds is 5. The fraction of sp³-hybridized carbons (Fsp3) is 0.250. The molecule has 1 N–H and O–H groups in total. The monoisotopic (exact) mass is 482 g/mol. The first-order chi connectivity index (χ1) is 17.6. The molecule has 0 aliphatic carbocycles. The Morgan fingerprint density at radius 2 is 1.75 bits per heavy atom. The highest BCUT2D eigenvalue weighted by Gasteiger charge is 2.22. The number of benzene rings is 3. The number of fused-ring (bicyclic) bond motifs is 2. The topological polar surface area (TPSA) is 85.7 Å². The average molecular weight is 483 g/mol. The van der Waals surface area contributed by atoms with Crippen molar-refractivity contribution in [1.29, 1.82) is 0 Å². The van der Waals surface area contributed by atoms with Crippen LogP contribution in [0.5, 0.6) is 11.5 Å². The summed E-state index contributed by atoms with van der Waals surface area (Å²) in [7, 11) is 0. The molecule has 0 radical (unpaired) electrons. The van der Waals surface area contributed by atoms with E-state index in [1.807, 2.05) is 49.4 Å². The van der Waals surface area contributed by atoms with E-state index in [1.165, 1.54) is 0 Å². The Labute approximate surface area is 208 Å². The molecule has 0 unspecified atom stereocenters. The quantitative estimate of drug-likeness (QED) is 0.464. The maximum Gasteiger partial charge on any atom is 0.267 e. The largest absolute Gasteiger partial charge is 0.454 e. The third-order valence-electron chi connectivity index (χ3n) is 6.68. The first-order valence-electron chi connectivity index (χ1n) is 12.1. The minimum atomic E-state index is -0.234. The number of aromatic nitrogens is 2. The van der Waals surface area contributed by atoms with Gasteiger partial charge < -0.3 is 19.7 Å². The number of carbonyl (C=O) groups is 1. The molecule has 4 aromatic rings. The molecule has 36 heavy (non-hydrogen) atoms. The Balaban J connectivity index is 1.33. The SMILES string of the molecule is Cc1ccc(-n2c(N3CCCC3)nc3cc(C(=O)NCc4ccc5c(c4)OCO5)ccc3c2=O)cc1. The second-order valence-corrected chi connectivity index (χ2v) is 9.18. The van der Waals surface area contributed by atoms with Gasteiger partial charge >= 0.3 is 0 Å². The van der Waals surface area contributed by atoms with Crippen LogP contribution < -0.4 is 25.2 Å². The number of nitrogens with zero attached hydrogens (tertiary/aromatic N) is 3. The van der Waals surface area contributed by atoms with Crippen LogP contribution in [0.4, 0.5) is 5.95 Å². The van der Waals surface area contributed by atoms with Gasteiger partial charge in [0.05, 0.1) is 16.6 Å². The standard InChI is InChI=1S/C28H26N4O4/c1-18-4-8-21(9-5-18)32-27(34)22-10-7-20(15-23(22)30-28(32)31-12-2-3-13-31)26(33)29-16-19-6-11-24-25(14-19)36-17-35-24/h4-11,14-15H,2-3,12-13,16-17H2,1H3,(H,29,33). The van der Waals surface area contributed by atoms with E-state index in [-0.39, 0.29) is 18.3 Å². The highest BCUT2D eigenvalue weighted by Crippen LogP contribution is 2.32. The lowest BCUT2D eigenvalue weighted by molar-refractivity contribution is 0.0951. The minimum absolute atomic E-state index is 0.141. The molecule has 0 atom stereocenters. The summed E-state index contributed by atoms with van der Waals surface area (Å²) in [5, 5.41) is 3.42. The van der Waals surface area contributed by atoms with Crippen LogP contribution in [-0.2, 0) is 6.54 Å². The lowest BCUT2D eigenvalue weighted by Gasteiger charge is -2.22. The minimum Gasteiger partial charge on any atom is -0.454 e. The zero-order valence-electron chi connectivity index (χ0n) is 20.0. The maximum atomic E-state index is 13.6. The van der Waals surface area contributed by atoms with Crippen LogP contribution in [0.2, 0.25) is 0 Å². The lowest BCUT2D eigenvalue weighted by atomic mass is 10.1. The zero-order chi connectivity index (χ0) is 24.6. The molecule has 1 saturated heterocycles. The van der Waals surface area contributed by atoms with Crippen LogP contribution in [-0.4, -0.2) is 35.3 Å². The van der Waals surface area contributed by atoms with Crippen molar-refractivity contribution in [1.82, 2.24) is 14.9 Å². The molecule has 1 amide bonds. The Morgan fingerprint density at radius 3 is 2.56 bits per heavy atom. The second-order valence-electron chi connectivity index (χ2n) is 9.18. The number of carbonyl (C=O) groups excluding carboxylic acids is 1. The van der Waals surface area contributed by atoms with E-state index in [1.54, 1.807) is 22.8 Å². The van der Waals surface area contributed by atoms with Crippen LogP contribution in [0.1, 0.15) is 34.3 Å². The number of amides is 1. The van der Waals surface area contributed by atoms with Gasteiger partial charge in [0, 0.05) is 25.2 Å². The molecule has 0 spiro atoms. The highest BCUT2D eigenvalue weighted by atomic mass is 16.7. The van der Waals surface area contributed by atoms with Gasteiger partial charge in [-0.15, -0.1) is 0 Å². The van der Waals surface area contributed by atoms with Gasteiger partial charge in [0.25, 0.3) is 11.5 Å². The van der Waals surface area contributed by atoms with E-state index in [4.69, 9.17) is 14.5 Å². The van der Waals surface area contributed by atoms with Gasteiger partial charge in [-0.2, -0.15) is 0 Å². The molecule has 8 nitrogen and oxygen atoms in total. The summed E-state index contributed by atoms with van der Waals surface area (Å²) in [5.74, 6) is 1.76. The molecule has 3 aromatic carbocycles. The first kappa shape index (κ1) is 22.2. The van der Waals surface area contributed by atoms with Crippen LogP contribution in [0.3, 0.4) is 0 Å². The van der Waals surface area contributed by atoms with Crippen molar-refractivity contribution in [2.45, 2.75) is 26.3 Å². The molecule has 6 rings (SSSR count). The molecule has 2 aliphatic rings. The number of aryl methyl sites for hydroxylation is 1. The molecule has 2 aliphatic heterocycles. The summed E-state index contributed by atoms with van der Waals surface area (Å²) in [6, 6.07) is 18.5. The first-order valence-corrected chi connectivity index (χ1v) is 12.1. The summed E-state index contributed by atoms with van der Waals surface area (Å²) in [6.07, 6.45) is 2.12. The van der Waals surface area contributed by atoms with Crippen molar-refractivity contribution in [3.8, 4) is 17.2 Å². The van der Waals surface area contributed by atoms with E-state index in [0.29, 0.717) is 40.5 Å². The van der Waals surface area contributed by atoms with Gasteiger partial charge in [-0.3, -0.25) is 9.59 Å². The molecular weight excluding hydrogens is 456 g/mol. The predicted octanol–water partition coefficient (Wildman–Crippen LogP) is 3.95. The summed E-state index contributed by atoms with van der Waals surface area (Å²) in [6.45, 7) is 4.26. The fourth-order valence-electron chi connectivity index (χ4n) is 4.71. The van der Waals surface area contributed by atoms with Crippen molar-refractivity contribution in [3.63, 3.8) is 0 Å². The zero-order valence-corrected chi connectivity index (χ0v) is 20.0. The Bertz CT molecular complexity index is 1520. The predicted molar refractivity (Wildman–Crippen MR) is 137 cm³/mol. The number of anilines is 1. The molecule has 1 fully saturated rings. The lowest BCUT2D eigenvalue weighted by Crippen LogP contribution is -2.30. The van der Waals surface area contributed by atoms with Crippen LogP contribution in [0.15, 0.2) is 65.5 Å². The Hall–Kier alpha value is -4.33. The molecule has 8 heteroatoms. The molecule has 1 aromatic heterocycles. The Kier molecular flexibility index (Phi) is 5.56. The van der Waals surface area contributed by atoms with Crippen LogP contribution >= 0.6 is 0 Å². The number of hydrogen-bond acceptors (Lipinski definition) is 6. The normalized spacial score (nSPS) is 14.4. The Morgan fingerprint density at radius 1 is 0.972 bits per heavy atom. The van der Waals surface area contributed by atoms with Crippen molar-refractivity contribution in [2.24, 2.45) is 0 Å². The number of nitrogens with one attached hydrogen (secondary N) is 1. The van der Waals surface area contributed by atoms with Gasteiger partial charge in [0.1, 0.15) is 0 Å². The summed E-state index contributed by atoms with van der Waals surface area (Å²) in [4.78, 5) is 33.6. The molecular formula is C28H26N4O4. The second kappa shape index (κ2) is 9.03. The van der Waals surface area contributed by atoms with Crippen molar-refractivity contribution in [2.75, 3.05) is 24.8 Å². The molecule has 0 bridgehead atoms. The van der Waals surface area contributed by atoms with E-state index in [2.05, 4.69) is 10.2 Å². The van der Waals surface area contributed by atoms with Gasteiger partial charge in [-0.05, 0) is 67.8 Å². The van der Waals surface area contributed by atoms with Crippen LogP contribution in [0.25, 0.3) is 16.6 Å². The van der Waals surface area contributed by atoms with Gasteiger partial charge in [-0.1, -0.05) is 23.8 Å². The van der Waals surface area contributed by atoms with Gasteiger partial charge in [0.15, 0.2) is 11.5 Å². The van der Waals surface area contributed by atoms with E-state index < -0.39 is 0 Å². The summed E-state index contributed by atoms with van der Waals surface area (Å²) in [5.41, 5.74) is 3.64. The van der Waals surface area contributed by atoms with Crippen molar-refractivity contribution in [3.05, 3.63) is 87.7 Å². The van der Waals surface area contributed by atoms with Gasteiger partial charge in [0.2, 0.25) is 12.7 Å². The van der Waals surface area contributed by atoms with Crippen molar-refractivity contribution >= 4 is 22.8 Å². The third kappa shape index (κ3) is 4.04. The fourth-order valence-corrected chi connectivity index (χ4v) is 4.71. The summed E-state index contributed by atoms with van der Waals surface area (Å²) < 4.78 is 12.4. The van der Waals surface area contributed by atoms with E-state index in [9.17, 15) is 9.59 Å². The summed E-state index contributed by atoms with van der Waals surface area (Å²) >= 11 is 0. The van der Waals surface area contributed by atoms with E-state index >= 15 is 0 Å². The maximum absolute atomic E-state index is 13.6. The number of hydrogen-bond donors (Lipinski definition) is 1. The average Bonchev–Trinajstić information content (AvgIpc) is 3.60. The van der Waals surface area contributed by atoms with Crippen LogP contribution in [0, 0.1) is 6.92 Å². The van der Waals surface area contributed by atoms with Gasteiger partial charge in [-0.25, -0.2) is 9.55 Å². The van der Waals surface area contributed by atoms with E-state index in [0.717, 1.165) is 42.7 Å². The molecule has 3 heterocycles.